The Balaban J connectivity index is 1.06. The van der Waals surface area contributed by atoms with E-state index in [0.29, 0.717) is 0 Å². The summed E-state index contributed by atoms with van der Waals surface area (Å²) in [6.45, 7) is 0. The van der Waals surface area contributed by atoms with Crippen molar-refractivity contribution in [1.29, 1.82) is 0 Å². The fourth-order valence-corrected chi connectivity index (χ4v) is 6.76. The summed E-state index contributed by atoms with van der Waals surface area (Å²) < 4.78 is 2.14. The molecular weight excluding hydrogens is 597 g/mol. The van der Waals surface area contributed by atoms with Gasteiger partial charge in [0.2, 0.25) is 0 Å². The van der Waals surface area contributed by atoms with Gasteiger partial charge < -0.3 is 0 Å². The standard InChI is InChI=1S/C45H32N4/c1-3-10-34(11-4-1)42-29-43(48-45(47-42)36-12-5-2-6-13-36)35-21-18-33(19-22-35)39-15-9-14-32-20-23-37(28-40(32)39)31-24-26-38(27-25-31)49-30-46-41-16-7-8-17-44(41)49/h1,3-5,7-30H,2,6H2. The van der Waals surface area contributed by atoms with Gasteiger partial charge >= 0.3 is 0 Å². The second-order valence-electron chi connectivity index (χ2n) is 12.4. The van der Waals surface area contributed by atoms with Crippen LogP contribution in [0.5, 0.6) is 0 Å². The molecule has 0 fully saturated rings. The van der Waals surface area contributed by atoms with E-state index in [1.54, 1.807) is 0 Å². The Morgan fingerprint density at radius 2 is 1.24 bits per heavy atom. The molecule has 232 valence electrons. The molecule has 4 heteroatoms. The second kappa shape index (κ2) is 12.3. The quantitative estimate of drug-likeness (QED) is 0.184. The number of benzene rings is 6. The lowest BCUT2D eigenvalue weighted by Gasteiger charge is -2.13. The van der Waals surface area contributed by atoms with Gasteiger partial charge in [0.15, 0.2) is 5.82 Å². The number of allylic oxidation sites excluding steroid dienone is 4. The van der Waals surface area contributed by atoms with Crippen molar-refractivity contribution in [3.05, 3.63) is 176 Å². The molecule has 0 atom stereocenters. The van der Waals surface area contributed by atoms with Crippen molar-refractivity contribution in [2.45, 2.75) is 12.8 Å². The van der Waals surface area contributed by atoms with Crippen LogP contribution in [0.3, 0.4) is 0 Å². The summed E-state index contributed by atoms with van der Waals surface area (Å²) in [4.78, 5) is 14.6. The Hall–Kier alpha value is -6.39. The second-order valence-corrected chi connectivity index (χ2v) is 12.4. The maximum atomic E-state index is 5.05. The van der Waals surface area contributed by atoms with E-state index in [9.17, 15) is 0 Å². The van der Waals surface area contributed by atoms with E-state index in [4.69, 9.17) is 9.97 Å². The van der Waals surface area contributed by atoms with Gasteiger partial charge in [-0.2, -0.15) is 0 Å². The highest BCUT2D eigenvalue weighted by Gasteiger charge is 2.13. The predicted molar refractivity (Wildman–Crippen MR) is 202 cm³/mol. The number of fused-ring (bicyclic) bond motifs is 2. The van der Waals surface area contributed by atoms with Gasteiger partial charge in [-0.3, -0.25) is 4.57 Å². The van der Waals surface area contributed by atoms with Crippen molar-refractivity contribution in [3.63, 3.8) is 0 Å². The van der Waals surface area contributed by atoms with Gasteiger partial charge in [0.25, 0.3) is 0 Å². The summed E-state index contributed by atoms with van der Waals surface area (Å²) in [5.74, 6) is 0.768. The van der Waals surface area contributed by atoms with Crippen LogP contribution in [0.2, 0.25) is 0 Å². The van der Waals surface area contributed by atoms with Gasteiger partial charge in [0.1, 0.15) is 6.33 Å². The molecule has 0 aliphatic heterocycles. The largest absolute Gasteiger partial charge is 0.299 e. The Labute approximate surface area is 285 Å². The van der Waals surface area contributed by atoms with E-state index in [0.717, 1.165) is 63.5 Å². The molecule has 0 saturated carbocycles. The molecule has 0 amide bonds. The first kappa shape index (κ1) is 28.8. The number of hydrogen-bond donors (Lipinski definition) is 0. The number of rotatable bonds is 6. The first-order valence-corrected chi connectivity index (χ1v) is 16.7. The normalized spacial score (nSPS) is 12.8. The first-order chi connectivity index (χ1) is 24.3. The van der Waals surface area contributed by atoms with Crippen LogP contribution in [0.4, 0.5) is 0 Å². The molecule has 9 rings (SSSR count). The SMILES string of the molecule is C1=CC(c2nc(-c3ccccc3)cc(-c3ccc(-c4cccc5ccc(-c6ccc(-n7cnc8ccccc87)cc6)cc45)cc3)n2)=CCC1. The van der Waals surface area contributed by atoms with Gasteiger partial charge in [-0.25, -0.2) is 15.0 Å². The summed E-state index contributed by atoms with van der Waals surface area (Å²) in [7, 11) is 0. The van der Waals surface area contributed by atoms with Gasteiger partial charge in [-0.15, -0.1) is 0 Å². The summed E-state index contributed by atoms with van der Waals surface area (Å²) in [6, 6.07) is 51.5. The van der Waals surface area contributed by atoms with Crippen LogP contribution < -0.4 is 0 Å². The van der Waals surface area contributed by atoms with Crippen molar-refractivity contribution in [1.82, 2.24) is 19.5 Å². The Bertz CT molecular complexity index is 2520. The fourth-order valence-electron chi connectivity index (χ4n) is 6.76. The molecule has 0 saturated heterocycles. The molecular formula is C45H32N4. The van der Waals surface area contributed by atoms with Crippen LogP contribution in [0.15, 0.2) is 170 Å². The Morgan fingerprint density at radius 3 is 2.04 bits per heavy atom. The van der Waals surface area contributed by atoms with Crippen molar-refractivity contribution in [2.24, 2.45) is 0 Å². The molecule has 0 bridgehead atoms. The van der Waals surface area contributed by atoms with Crippen LogP contribution in [0.1, 0.15) is 18.7 Å². The average Bonchev–Trinajstić information content (AvgIpc) is 3.62. The highest BCUT2D eigenvalue weighted by Crippen LogP contribution is 2.35. The van der Waals surface area contributed by atoms with E-state index < -0.39 is 0 Å². The number of para-hydroxylation sites is 2. The molecule has 2 heterocycles. The lowest BCUT2D eigenvalue weighted by molar-refractivity contribution is 1.03. The molecule has 0 N–H and O–H groups in total. The van der Waals surface area contributed by atoms with Gasteiger partial charge in [-0.1, -0.05) is 127 Å². The van der Waals surface area contributed by atoms with Crippen molar-refractivity contribution in [3.8, 4) is 50.5 Å². The summed E-state index contributed by atoms with van der Waals surface area (Å²) >= 11 is 0. The van der Waals surface area contributed by atoms with Gasteiger partial charge in [0.05, 0.1) is 22.4 Å². The van der Waals surface area contributed by atoms with E-state index >= 15 is 0 Å². The highest BCUT2D eigenvalue weighted by molar-refractivity contribution is 5.99. The number of nitrogens with zero attached hydrogens (tertiary/aromatic N) is 4. The maximum absolute atomic E-state index is 5.05. The monoisotopic (exact) mass is 628 g/mol. The number of hydrogen-bond acceptors (Lipinski definition) is 3. The Kier molecular flexibility index (Phi) is 7.25. The van der Waals surface area contributed by atoms with Crippen LogP contribution in [0, 0.1) is 0 Å². The average molecular weight is 629 g/mol. The molecule has 1 aliphatic carbocycles. The smallest absolute Gasteiger partial charge is 0.160 e. The molecule has 0 radical (unpaired) electrons. The zero-order chi connectivity index (χ0) is 32.6. The first-order valence-electron chi connectivity index (χ1n) is 16.7. The third kappa shape index (κ3) is 5.53. The molecule has 0 unspecified atom stereocenters. The summed E-state index contributed by atoms with van der Waals surface area (Å²) in [6.07, 6.45) is 10.5. The minimum atomic E-state index is 0.768. The van der Waals surface area contributed by atoms with Gasteiger partial charge in [-0.05, 0) is 82.3 Å². The van der Waals surface area contributed by atoms with Crippen LogP contribution in [-0.2, 0) is 0 Å². The van der Waals surface area contributed by atoms with E-state index in [-0.39, 0.29) is 0 Å². The topological polar surface area (TPSA) is 43.6 Å². The zero-order valence-electron chi connectivity index (χ0n) is 26.9. The highest BCUT2D eigenvalue weighted by atomic mass is 15.0. The molecule has 4 nitrogen and oxygen atoms in total. The molecule has 2 aromatic heterocycles. The minimum absolute atomic E-state index is 0.768. The third-order valence-electron chi connectivity index (χ3n) is 9.36. The number of aromatic nitrogens is 4. The molecule has 1 aliphatic rings. The zero-order valence-corrected chi connectivity index (χ0v) is 26.9. The lowest BCUT2D eigenvalue weighted by Crippen LogP contribution is -1.99. The summed E-state index contributed by atoms with van der Waals surface area (Å²) in [5, 5.41) is 2.44. The maximum Gasteiger partial charge on any atom is 0.160 e. The van der Waals surface area contributed by atoms with Gasteiger partial charge in [0, 0.05) is 22.4 Å². The third-order valence-corrected chi connectivity index (χ3v) is 9.36. The van der Waals surface area contributed by atoms with E-state index in [1.807, 2.05) is 24.5 Å². The Morgan fingerprint density at radius 1 is 0.531 bits per heavy atom. The van der Waals surface area contributed by atoms with Crippen LogP contribution >= 0.6 is 0 Å². The van der Waals surface area contributed by atoms with E-state index in [1.165, 1.54) is 33.0 Å². The molecule has 8 aromatic rings. The van der Waals surface area contributed by atoms with Crippen molar-refractivity contribution < 1.29 is 0 Å². The lowest BCUT2D eigenvalue weighted by atomic mass is 9.94. The molecule has 49 heavy (non-hydrogen) atoms. The van der Waals surface area contributed by atoms with Crippen LogP contribution in [-0.4, -0.2) is 19.5 Å². The number of imidazole rings is 1. The fraction of sp³-hybridized carbons (Fsp3) is 0.0444. The molecule has 6 aromatic carbocycles. The van der Waals surface area contributed by atoms with Crippen molar-refractivity contribution in [2.75, 3.05) is 0 Å². The minimum Gasteiger partial charge on any atom is -0.299 e. The van der Waals surface area contributed by atoms with Crippen LogP contribution in [0.25, 0.3) is 77.8 Å². The molecule has 0 spiro atoms. The summed E-state index contributed by atoms with van der Waals surface area (Å²) in [5.41, 5.74) is 13.0. The van der Waals surface area contributed by atoms with Crippen molar-refractivity contribution >= 4 is 27.4 Å². The predicted octanol–water partition coefficient (Wildman–Crippen LogP) is 11.4. The van der Waals surface area contributed by atoms with E-state index in [2.05, 4.69) is 155 Å².